The summed E-state index contributed by atoms with van der Waals surface area (Å²) in [4.78, 5) is 69.7. The predicted molar refractivity (Wildman–Crippen MR) is 171 cm³/mol. The van der Waals surface area contributed by atoms with Crippen LogP contribution in [-0.4, -0.2) is 40.8 Å². The maximum absolute atomic E-state index is 14.4. The van der Waals surface area contributed by atoms with Gasteiger partial charge in [-0.3, -0.25) is 29.3 Å². The number of phenols is 1. The second kappa shape index (κ2) is 11.0. The predicted octanol–water partition coefficient (Wildman–Crippen LogP) is 5.29. The number of rotatable bonds is 6. The summed E-state index contributed by atoms with van der Waals surface area (Å²) in [6.07, 6.45) is 6.05. The highest BCUT2D eigenvalue weighted by Gasteiger charge is 2.67. The lowest BCUT2D eigenvalue weighted by Crippen LogP contribution is -2.49. The van der Waals surface area contributed by atoms with E-state index in [4.69, 9.17) is 4.74 Å². The zero-order valence-electron chi connectivity index (χ0n) is 25.6. The highest BCUT2D eigenvalue weighted by atomic mass is 16.6. The quantitative estimate of drug-likeness (QED) is 0.167. The number of amides is 4. The van der Waals surface area contributed by atoms with Crippen molar-refractivity contribution in [1.29, 1.82) is 0 Å². The highest BCUT2D eigenvalue weighted by Crippen LogP contribution is 2.61. The molecule has 11 nitrogen and oxygen atoms in total. The summed E-state index contributed by atoms with van der Waals surface area (Å²) in [5.74, 6) is -4.78. The van der Waals surface area contributed by atoms with Gasteiger partial charge in [0.2, 0.25) is 23.6 Å². The van der Waals surface area contributed by atoms with E-state index in [2.05, 4.69) is 0 Å². The van der Waals surface area contributed by atoms with Crippen LogP contribution >= 0.6 is 0 Å². The SMILES string of the molecule is COc1cc(C=C[C@H]2C3=CC[C@@H]4C(=O)N(c5cccc([N+](=O)[O-])c5)C(=O)[C@@H]4[C@@H]3C[C@H]3C(=O)N(c4ccccc4)C(=O)[C@@]23C)ccc1O. The second-order valence-corrected chi connectivity index (χ2v) is 12.6. The van der Waals surface area contributed by atoms with Gasteiger partial charge in [-0.1, -0.05) is 54.1 Å². The van der Waals surface area contributed by atoms with Crippen molar-refractivity contribution in [2.45, 2.75) is 19.8 Å². The minimum atomic E-state index is -1.19. The first-order valence-corrected chi connectivity index (χ1v) is 15.4. The Bertz CT molecular complexity index is 1920. The van der Waals surface area contributed by atoms with Gasteiger partial charge in [0.1, 0.15) is 0 Å². The fourth-order valence-electron chi connectivity index (χ4n) is 8.05. The van der Waals surface area contributed by atoms with Crippen molar-refractivity contribution in [3.63, 3.8) is 0 Å². The minimum absolute atomic E-state index is 0.0248. The lowest BCUT2D eigenvalue weighted by molar-refractivity contribution is -0.384. The van der Waals surface area contributed by atoms with Crippen LogP contribution in [0.15, 0.2) is 90.5 Å². The number of imide groups is 2. The van der Waals surface area contributed by atoms with Crippen molar-refractivity contribution in [2.75, 3.05) is 16.9 Å². The van der Waals surface area contributed by atoms with Crippen molar-refractivity contribution in [3.05, 3.63) is 106 Å². The Hall–Kier alpha value is -5.58. The molecule has 2 aliphatic heterocycles. The van der Waals surface area contributed by atoms with Crippen molar-refractivity contribution < 1.29 is 33.9 Å². The topological polar surface area (TPSA) is 147 Å². The number of phenolic OH excluding ortho intramolecular Hbond substituents is 1. The summed E-state index contributed by atoms with van der Waals surface area (Å²) < 4.78 is 5.27. The number of anilines is 2. The Labute approximate surface area is 269 Å². The Balaban J connectivity index is 1.32. The number of nitro benzene ring substituents is 1. The van der Waals surface area contributed by atoms with Crippen LogP contribution in [0.1, 0.15) is 25.3 Å². The van der Waals surface area contributed by atoms with Crippen molar-refractivity contribution in [2.24, 2.45) is 35.0 Å². The van der Waals surface area contributed by atoms with E-state index in [1.165, 1.54) is 42.3 Å². The first-order chi connectivity index (χ1) is 22.6. The number of benzene rings is 3. The van der Waals surface area contributed by atoms with Gasteiger partial charge < -0.3 is 9.84 Å². The molecule has 0 aromatic heterocycles. The van der Waals surface area contributed by atoms with Crippen LogP contribution < -0.4 is 14.5 Å². The molecule has 1 N–H and O–H groups in total. The van der Waals surface area contributed by atoms with E-state index in [1.807, 2.05) is 18.2 Å². The molecule has 3 fully saturated rings. The summed E-state index contributed by atoms with van der Waals surface area (Å²) in [5.41, 5.74) is 0.665. The maximum Gasteiger partial charge on any atom is 0.271 e. The molecule has 0 unspecified atom stereocenters. The summed E-state index contributed by atoms with van der Waals surface area (Å²) in [7, 11) is 1.45. The van der Waals surface area contributed by atoms with Gasteiger partial charge in [-0.2, -0.15) is 0 Å². The number of para-hydroxylation sites is 1. The number of carbonyl (C=O) groups excluding carboxylic acids is 4. The number of methoxy groups -OCH3 is 1. The van der Waals surface area contributed by atoms with Crippen LogP contribution in [0.25, 0.3) is 6.08 Å². The summed E-state index contributed by atoms with van der Waals surface area (Å²) in [6.45, 7) is 1.80. The smallest absolute Gasteiger partial charge is 0.271 e. The second-order valence-electron chi connectivity index (χ2n) is 12.6. The molecule has 2 heterocycles. The fraction of sp³-hybridized carbons (Fsp3) is 0.278. The van der Waals surface area contributed by atoms with Crippen LogP contribution in [0.5, 0.6) is 11.5 Å². The Morgan fingerprint density at radius 3 is 2.38 bits per heavy atom. The number of ether oxygens (including phenoxy) is 1. The molecule has 2 saturated heterocycles. The third kappa shape index (κ3) is 4.48. The van der Waals surface area contributed by atoms with Gasteiger partial charge in [-0.25, -0.2) is 9.80 Å². The standard InChI is InChI=1S/C36H31N3O8/c1-36-27(15-11-20-12-16-29(40)30(17-20)47-2)24-13-14-25-31(34(43)37(32(25)41)22-9-6-10-23(18-22)39(45)46)26(24)19-28(36)33(42)38(35(36)44)21-7-4-3-5-8-21/h3-13,15-18,25-28,31,40H,14,19H2,1-2H3/t25-,26+,27-,28-,31-,36-/m0/s1. The largest absolute Gasteiger partial charge is 0.504 e. The van der Waals surface area contributed by atoms with E-state index in [0.29, 0.717) is 11.3 Å². The van der Waals surface area contributed by atoms with Gasteiger partial charge in [-0.05, 0) is 61.6 Å². The Morgan fingerprint density at radius 2 is 1.66 bits per heavy atom. The molecule has 7 rings (SSSR count). The van der Waals surface area contributed by atoms with Crippen LogP contribution in [0.3, 0.4) is 0 Å². The molecule has 0 spiro atoms. The molecular weight excluding hydrogens is 602 g/mol. The molecule has 3 aromatic rings. The van der Waals surface area contributed by atoms with E-state index >= 15 is 0 Å². The number of nitrogens with zero attached hydrogens (tertiary/aromatic N) is 3. The molecule has 238 valence electrons. The third-order valence-electron chi connectivity index (χ3n) is 10.3. The molecule has 0 bridgehead atoms. The minimum Gasteiger partial charge on any atom is -0.504 e. The van der Waals surface area contributed by atoms with E-state index in [-0.39, 0.29) is 47.5 Å². The number of fused-ring (bicyclic) bond motifs is 4. The number of carbonyl (C=O) groups is 4. The Kier molecular flexibility index (Phi) is 7.07. The highest BCUT2D eigenvalue weighted by molar-refractivity contribution is 6.25. The van der Waals surface area contributed by atoms with Crippen LogP contribution in [0.2, 0.25) is 0 Å². The van der Waals surface area contributed by atoms with Gasteiger partial charge in [-0.15, -0.1) is 0 Å². The van der Waals surface area contributed by atoms with Gasteiger partial charge in [0.15, 0.2) is 11.5 Å². The monoisotopic (exact) mass is 633 g/mol. The molecule has 6 atom stereocenters. The molecule has 2 aliphatic carbocycles. The fourth-order valence-corrected chi connectivity index (χ4v) is 8.05. The van der Waals surface area contributed by atoms with Gasteiger partial charge >= 0.3 is 0 Å². The van der Waals surface area contributed by atoms with Crippen molar-refractivity contribution in [3.8, 4) is 11.5 Å². The molecule has 4 amide bonds. The van der Waals surface area contributed by atoms with Crippen molar-refractivity contribution in [1.82, 2.24) is 0 Å². The molecule has 4 aliphatic rings. The zero-order valence-corrected chi connectivity index (χ0v) is 25.6. The average molecular weight is 634 g/mol. The Morgan fingerprint density at radius 1 is 0.915 bits per heavy atom. The number of non-ortho nitro benzene ring substituents is 1. The van der Waals surface area contributed by atoms with Crippen LogP contribution in [0.4, 0.5) is 17.1 Å². The van der Waals surface area contributed by atoms with Crippen LogP contribution in [-0.2, 0) is 19.2 Å². The van der Waals surface area contributed by atoms with Crippen molar-refractivity contribution >= 4 is 46.8 Å². The summed E-state index contributed by atoms with van der Waals surface area (Å²) in [5, 5.41) is 21.6. The lowest BCUT2D eigenvalue weighted by atomic mass is 9.52. The molecule has 1 saturated carbocycles. The summed E-state index contributed by atoms with van der Waals surface area (Å²) >= 11 is 0. The summed E-state index contributed by atoms with van der Waals surface area (Å²) in [6, 6.07) is 19.1. The molecule has 11 heteroatoms. The average Bonchev–Trinajstić information content (AvgIpc) is 3.44. The van der Waals surface area contributed by atoms with E-state index in [9.17, 15) is 34.4 Å². The maximum atomic E-state index is 14.4. The van der Waals surface area contributed by atoms with E-state index in [0.717, 1.165) is 10.5 Å². The van der Waals surface area contributed by atoms with Gasteiger partial charge in [0.05, 0.1) is 46.6 Å². The number of nitro groups is 1. The number of aromatic hydroxyl groups is 1. The molecule has 3 aromatic carbocycles. The lowest BCUT2D eigenvalue weighted by Gasteiger charge is -2.47. The molecule has 47 heavy (non-hydrogen) atoms. The van der Waals surface area contributed by atoms with E-state index in [1.54, 1.807) is 49.4 Å². The van der Waals surface area contributed by atoms with Gasteiger partial charge in [0, 0.05) is 18.1 Å². The van der Waals surface area contributed by atoms with Gasteiger partial charge in [0.25, 0.3) is 5.69 Å². The number of hydrogen-bond acceptors (Lipinski definition) is 8. The number of hydrogen-bond donors (Lipinski definition) is 1. The number of allylic oxidation sites excluding steroid dienone is 3. The first kappa shape index (κ1) is 30.1. The van der Waals surface area contributed by atoms with Crippen LogP contribution in [0, 0.1) is 45.1 Å². The normalized spacial score (nSPS) is 28.3. The first-order valence-electron chi connectivity index (χ1n) is 15.4. The zero-order chi connectivity index (χ0) is 33.2. The molecular formula is C36H31N3O8. The molecule has 0 radical (unpaired) electrons. The van der Waals surface area contributed by atoms with E-state index < -0.39 is 51.7 Å². The third-order valence-corrected chi connectivity index (χ3v) is 10.3.